The van der Waals surface area contributed by atoms with Gasteiger partial charge >= 0.3 is 0 Å². The Hall–Kier alpha value is -1.55. The van der Waals surface area contributed by atoms with Crippen LogP contribution in [-0.2, 0) is 4.79 Å². The molecule has 4 heteroatoms. The maximum Gasteiger partial charge on any atom is 0.244 e. The lowest BCUT2D eigenvalue weighted by molar-refractivity contribution is -0.139. The molecule has 18 heavy (non-hydrogen) atoms. The van der Waals surface area contributed by atoms with E-state index in [1.54, 1.807) is 4.90 Å². The first-order valence-corrected chi connectivity index (χ1v) is 6.40. The van der Waals surface area contributed by atoms with Crippen LogP contribution in [0.5, 0.6) is 0 Å². The molecule has 0 bridgehead atoms. The van der Waals surface area contributed by atoms with Crippen molar-refractivity contribution in [3.8, 4) is 0 Å². The van der Waals surface area contributed by atoms with Gasteiger partial charge in [0.25, 0.3) is 0 Å². The molecular weight excluding hydrogens is 226 g/mol. The summed E-state index contributed by atoms with van der Waals surface area (Å²) in [7, 11) is 3.82. The van der Waals surface area contributed by atoms with Crippen LogP contribution in [-0.4, -0.2) is 42.9 Å². The molecule has 0 aliphatic carbocycles. The third-order valence-corrected chi connectivity index (χ3v) is 3.09. The third kappa shape index (κ3) is 3.01. The number of piperazine rings is 1. The number of nitrogen functional groups attached to an aromatic ring is 1. The number of carbonyl (C=O) groups is 1. The summed E-state index contributed by atoms with van der Waals surface area (Å²) in [6.07, 6.45) is 0. The fourth-order valence-electron chi connectivity index (χ4n) is 2.02. The first-order chi connectivity index (χ1) is 8.59. The maximum absolute atomic E-state index is 12.1. The van der Waals surface area contributed by atoms with Gasteiger partial charge < -0.3 is 10.6 Å². The Balaban J connectivity index is 0.000000771. The van der Waals surface area contributed by atoms with Crippen LogP contribution < -0.4 is 5.73 Å². The second-order valence-corrected chi connectivity index (χ2v) is 4.31. The minimum absolute atomic E-state index is 0.151. The summed E-state index contributed by atoms with van der Waals surface area (Å²) in [6, 6.07) is 7.36. The summed E-state index contributed by atoms with van der Waals surface area (Å²) in [5, 5.41) is 0. The van der Waals surface area contributed by atoms with Crippen LogP contribution in [0.2, 0.25) is 0 Å². The van der Waals surface area contributed by atoms with E-state index in [0.717, 1.165) is 24.3 Å². The molecule has 1 aromatic rings. The molecule has 2 N–H and O–H groups in total. The van der Waals surface area contributed by atoms with Gasteiger partial charge in [-0.2, -0.15) is 0 Å². The lowest BCUT2D eigenvalue weighted by Gasteiger charge is -2.37. The van der Waals surface area contributed by atoms with E-state index >= 15 is 0 Å². The third-order valence-electron chi connectivity index (χ3n) is 3.09. The van der Waals surface area contributed by atoms with Crippen molar-refractivity contribution in [2.24, 2.45) is 0 Å². The molecule has 0 saturated carbocycles. The van der Waals surface area contributed by atoms with Gasteiger partial charge in [0.15, 0.2) is 0 Å². The molecule has 1 heterocycles. The largest absolute Gasteiger partial charge is 0.399 e. The standard InChI is InChI=1S/C12H17N3O.C2H6/c1-14-7-8-15(2)12(16)11(14)9-3-5-10(13)6-4-9;1-2/h3-6,11H,7-8,13H2,1-2H3;1-2H3. The average Bonchev–Trinajstić information content (AvgIpc) is 2.39. The number of nitrogens with zero attached hydrogens (tertiary/aromatic N) is 2. The Bertz CT molecular complexity index is 389. The fourth-order valence-corrected chi connectivity index (χ4v) is 2.02. The summed E-state index contributed by atoms with van der Waals surface area (Å²) < 4.78 is 0. The zero-order valence-corrected chi connectivity index (χ0v) is 11.7. The van der Waals surface area contributed by atoms with Crippen molar-refractivity contribution >= 4 is 11.6 Å². The van der Waals surface area contributed by atoms with Crippen LogP contribution in [0.3, 0.4) is 0 Å². The van der Waals surface area contributed by atoms with E-state index in [-0.39, 0.29) is 11.9 Å². The Kier molecular flexibility index (Phi) is 5.16. The lowest BCUT2D eigenvalue weighted by atomic mass is 10.0. The van der Waals surface area contributed by atoms with Crippen LogP contribution in [0.1, 0.15) is 25.5 Å². The fraction of sp³-hybridized carbons (Fsp3) is 0.500. The Morgan fingerprint density at radius 2 is 1.67 bits per heavy atom. The maximum atomic E-state index is 12.1. The highest BCUT2D eigenvalue weighted by molar-refractivity contribution is 5.83. The normalized spacial score (nSPS) is 20.3. The van der Waals surface area contributed by atoms with Crippen LogP contribution in [0.25, 0.3) is 0 Å². The van der Waals surface area contributed by atoms with Crippen LogP contribution >= 0.6 is 0 Å². The average molecular weight is 249 g/mol. The molecule has 0 aromatic heterocycles. The number of rotatable bonds is 1. The van der Waals surface area contributed by atoms with Crippen molar-refractivity contribution in [3.63, 3.8) is 0 Å². The number of anilines is 1. The topological polar surface area (TPSA) is 49.6 Å². The Labute approximate surface area is 109 Å². The molecule has 100 valence electrons. The van der Waals surface area contributed by atoms with Crippen molar-refractivity contribution in [1.82, 2.24) is 9.80 Å². The SMILES string of the molecule is CC.CN1CCN(C)C(c2ccc(N)cc2)C1=O. The molecule has 4 nitrogen and oxygen atoms in total. The van der Waals surface area contributed by atoms with Crippen LogP contribution in [0.15, 0.2) is 24.3 Å². The van der Waals surface area contributed by atoms with Crippen molar-refractivity contribution in [2.75, 3.05) is 32.9 Å². The molecule has 2 rings (SSSR count). The van der Waals surface area contributed by atoms with Crippen LogP contribution in [0.4, 0.5) is 5.69 Å². The number of likely N-dealkylation sites (N-methyl/N-ethyl adjacent to an activating group) is 2. The molecule has 1 amide bonds. The molecule has 1 aliphatic heterocycles. The number of carbonyl (C=O) groups excluding carboxylic acids is 1. The number of amides is 1. The Morgan fingerprint density at radius 3 is 2.22 bits per heavy atom. The van der Waals surface area contributed by atoms with Crippen molar-refractivity contribution in [1.29, 1.82) is 0 Å². The Morgan fingerprint density at radius 1 is 1.11 bits per heavy atom. The van der Waals surface area contributed by atoms with E-state index in [2.05, 4.69) is 4.90 Å². The van der Waals surface area contributed by atoms with Gasteiger partial charge in [-0.05, 0) is 24.7 Å². The number of hydrogen-bond donors (Lipinski definition) is 1. The van der Waals surface area contributed by atoms with Gasteiger partial charge in [-0.1, -0.05) is 26.0 Å². The van der Waals surface area contributed by atoms with Crippen molar-refractivity contribution in [3.05, 3.63) is 29.8 Å². The molecule has 1 saturated heterocycles. The van der Waals surface area contributed by atoms with E-state index in [1.807, 2.05) is 52.2 Å². The van der Waals surface area contributed by atoms with Gasteiger partial charge in [-0.3, -0.25) is 9.69 Å². The first-order valence-electron chi connectivity index (χ1n) is 6.40. The van der Waals surface area contributed by atoms with Gasteiger partial charge in [0.2, 0.25) is 5.91 Å². The van der Waals surface area contributed by atoms with E-state index in [9.17, 15) is 4.79 Å². The predicted molar refractivity (Wildman–Crippen MR) is 75.2 cm³/mol. The molecule has 0 radical (unpaired) electrons. The first kappa shape index (κ1) is 14.5. The van der Waals surface area contributed by atoms with E-state index in [0.29, 0.717) is 0 Å². The predicted octanol–water partition coefficient (Wildman–Crippen LogP) is 1.74. The summed E-state index contributed by atoms with van der Waals surface area (Å²) >= 11 is 0. The summed E-state index contributed by atoms with van der Waals surface area (Å²) in [5.74, 6) is 0.151. The summed E-state index contributed by atoms with van der Waals surface area (Å²) in [6.45, 7) is 5.69. The minimum Gasteiger partial charge on any atom is -0.399 e. The van der Waals surface area contributed by atoms with Gasteiger partial charge in [-0.25, -0.2) is 0 Å². The number of nitrogens with two attached hydrogens (primary N) is 1. The molecule has 0 spiro atoms. The monoisotopic (exact) mass is 249 g/mol. The zero-order chi connectivity index (χ0) is 13.7. The molecule has 1 aliphatic rings. The molecular formula is C14H23N3O. The smallest absolute Gasteiger partial charge is 0.244 e. The number of hydrogen-bond acceptors (Lipinski definition) is 3. The highest BCUT2D eigenvalue weighted by Crippen LogP contribution is 2.25. The minimum atomic E-state index is -0.167. The van der Waals surface area contributed by atoms with Gasteiger partial charge in [0.05, 0.1) is 0 Å². The van der Waals surface area contributed by atoms with Gasteiger partial charge in [0.1, 0.15) is 6.04 Å². The van der Waals surface area contributed by atoms with Crippen molar-refractivity contribution in [2.45, 2.75) is 19.9 Å². The molecule has 1 aromatic carbocycles. The van der Waals surface area contributed by atoms with E-state index in [1.165, 1.54) is 0 Å². The quantitative estimate of drug-likeness (QED) is 0.771. The number of benzene rings is 1. The van der Waals surface area contributed by atoms with Crippen LogP contribution in [0, 0.1) is 0 Å². The van der Waals surface area contributed by atoms with Gasteiger partial charge in [0, 0.05) is 25.8 Å². The van der Waals surface area contributed by atoms with E-state index in [4.69, 9.17) is 5.73 Å². The zero-order valence-electron chi connectivity index (χ0n) is 11.7. The highest BCUT2D eigenvalue weighted by atomic mass is 16.2. The summed E-state index contributed by atoms with van der Waals surface area (Å²) in [5.41, 5.74) is 7.38. The van der Waals surface area contributed by atoms with Gasteiger partial charge in [-0.15, -0.1) is 0 Å². The molecule has 1 unspecified atom stereocenters. The molecule has 1 atom stereocenters. The summed E-state index contributed by atoms with van der Waals surface area (Å²) in [4.78, 5) is 15.9. The second-order valence-electron chi connectivity index (χ2n) is 4.31. The second kappa shape index (κ2) is 6.40. The lowest BCUT2D eigenvalue weighted by Crippen LogP contribution is -2.48. The highest BCUT2D eigenvalue weighted by Gasteiger charge is 2.31. The molecule has 1 fully saturated rings. The van der Waals surface area contributed by atoms with Crippen molar-refractivity contribution < 1.29 is 4.79 Å². The van der Waals surface area contributed by atoms with E-state index < -0.39 is 0 Å².